The third-order valence-corrected chi connectivity index (χ3v) is 4.28. The molecule has 0 amide bonds. The molecule has 0 bridgehead atoms. The lowest BCUT2D eigenvalue weighted by Gasteiger charge is -2.13. The van der Waals surface area contributed by atoms with E-state index in [1.807, 2.05) is 24.3 Å². The normalized spacial score (nSPS) is 12.4. The fourth-order valence-corrected chi connectivity index (χ4v) is 2.60. The van der Waals surface area contributed by atoms with Crippen molar-refractivity contribution in [1.82, 2.24) is 0 Å². The SMILES string of the molecule is CCCc1cccc(C(O)c2ccc(Cl)c(Br)c2)c1. The molecular weight excluding hydrogens is 324 g/mol. The monoisotopic (exact) mass is 338 g/mol. The Kier molecular flexibility index (Phi) is 5.03. The van der Waals surface area contributed by atoms with Crippen molar-refractivity contribution in [2.75, 3.05) is 0 Å². The van der Waals surface area contributed by atoms with Gasteiger partial charge in [-0.3, -0.25) is 0 Å². The van der Waals surface area contributed by atoms with Gasteiger partial charge in [0.25, 0.3) is 0 Å². The lowest BCUT2D eigenvalue weighted by atomic mass is 9.98. The first kappa shape index (κ1) is 14.6. The van der Waals surface area contributed by atoms with Crippen molar-refractivity contribution >= 4 is 27.5 Å². The molecule has 1 N–H and O–H groups in total. The van der Waals surface area contributed by atoms with Crippen LogP contribution in [0.25, 0.3) is 0 Å². The molecule has 0 spiro atoms. The van der Waals surface area contributed by atoms with Crippen molar-refractivity contribution in [3.8, 4) is 0 Å². The highest BCUT2D eigenvalue weighted by Crippen LogP contribution is 2.29. The summed E-state index contributed by atoms with van der Waals surface area (Å²) in [5.74, 6) is 0. The van der Waals surface area contributed by atoms with Crippen LogP contribution in [0.1, 0.15) is 36.1 Å². The highest BCUT2D eigenvalue weighted by atomic mass is 79.9. The van der Waals surface area contributed by atoms with Crippen LogP contribution >= 0.6 is 27.5 Å². The molecule has 0 saturated heterocycles. The molecule has 0 aliphatic rings. The van der Waals surface area contributed by atoms with Crippen LogP contribution in [0.4, 0.5) is 0 Å². The van der Waals surface area contributed by atoms with Crippen LogP contribution in [0, 0.1) is 0 Å². The minimum Gasteiger partial charge on any atom is -0.384 e. The number of benzene rings is 2. The van der Waals surface area contributed by atoms with Gasteiger partial charge in [-0.25, -0.2) is 0 Å². The van der Waals surface area contributed by atoms with E-state index >= 15 is 0 Å². The Morgan fingerprint density at radius 1 is 1.16 bits per heavy atom. The summed E-state index contributed by atoms with van der Waals surface area (Å²) in [5.41, 5.74) is 3.01. The summed E-state index contributed by atoms with van der Waals surface area (Å²) in [6, 6.07) is 13.6. The zero-order chi connectivity index (χ0) is 13.8. The maximum Gasteiger partial charge on any atom is 0.104 e. The molecule has 2 aromatic carbocycles. The van der Waals surface area contributed by atoms with Crippen molar-refractivity contribution in [1.29, 1.82) is 0 Å². The summed E-state index contributed by atoms with van der Waals surface area (Å²) in [7, 11) is 0. The minimum atomic E-state index is -0.620. The van der Waals surface area contributed by atoms with Crippen LogP contribution < -0.4 is 0 Å². The molecule has 100 valence electrons. The topological polar surface area (TPSA) is 20.2 Å². The Bertz CT molecular complexity index is 568. The Morgan fingerprint density at radius 3 is 2.58 bits per heavy atom. The van der Waals surface area contributed by atoms with E-state index in [1.165, 1.54) is 5.56 Å². The molecule has 2 rings (SSSR count). The molecule has 19 heavy (non-hydrogen) atoms. The lowest BCUT2D eigenvalue weighted by molar-refractivity contribution is 0.220. The van der Waals surface area contributed by atoms with Crippen molar-refractivity contribution in [3.05, 3.63) is 68.7 Å². The number of hydrogen-bond donors (Lipinski definition) is 1. The average molecular weight is 340 g/mol. The maximum absolute atomic E-state index is 10.4. The van der Waals surface area contributed by atoms with Gasteiger partial charge in [-0.15, -0.1) is 0 Å². The van der Waals surface area contributed by atoms with Crippen LogP contribution in [-0.2, 0) is 6.42 Å². The summed E-state index contributed by atoms with van der Waals surface area (Å²) in [5, 5.41) is 11.1. The van der Waals surface area contributed by atoms with E-state index in [0.717, 1.165) is 28.4 Å². The third kappa shape index (κ3) is 3.59. The van der Waals surface area contributed by atoms with E-state index in [4.69, 9.17) is 11.6 Å². The predicted molar refractivity (Wildman–Crippen MR) is 83.7 cm³/mol. The highest BCUT2D eigenvalue weighted by molar-refractivity contribution is 9.10. The van der Waals surface area contributed by atoms with Gasteiger partial charge in [0, 0.05) is 4.47 Å². The van der Waals surface area contributed by atoms with Crippen molar-refractivity contribution in [3.63, 3.8) is 0 Å². The number of aryl methyl sites for hydroxylation is 1. The zero-order valence-corrected chi connectivity index (χ0v) is 13.1. The van der Waals surface area contributed by atoms with E-state index in [0.29, 0.717) is 5.02 Å². The molecule has 2 aromatic rings. The quantitative estimate of drug-likeness (QED) is 0.818. The predicted octanol–water partition coefficient (Wildman–Crippen LogP) is 5.14. The number of aliphatic hydroxyl groups is 1. The van der Waals surface area contributed by atoms with Crippen molar-refractivity contribution in [2.45, 2.75) is 25.9 Å². The lowest BCUT2D eigenvalue weighted by Crippen LogP contribution is -2.00. The number of hydrogen-bond acceptors (Lipinski definition) is 1. The van der Waals surface area contributed by atoms with Gasteiger partial charge in [0.1, 0.15) is 6.10 Å². The van der Waals surface area contributed by atoms with Gasteiger partial charge in [0.15, 0.2) is 0 Å². The van der Waals surface area contributed by atoms with Crippen molar-refractivity contribution < 1.29 is 5.11 Å². The van der Waals surface area contributed by atoms with Gasteiger partial charge in [-0.05, 0) is 51.2 Å². The molecule has 1 nitrogen and oxygen atoms in total. The largest absolute Gasteiger partial charge is 0.384 e. The van der Waals surface area contributed by atoms with E-state index in [1.54, 1.807) is 6.07 Å². The summed E-state index contributed by atoms with van der Waals surface area (Å²) >= 11 is 9.35. The van der Waals surface area contributed by atoms with Crippen LogP contribution in [-0.4, -0.2) is 5.11 Å². The van der Waals surface area contributed by atoms with Gasteiger partial charge < -0.3 is 5.11 Å². The second kappa shape index (κ2) is 6.56. The highest BCUT2D eigenvalue weighted by Gasteiger charge is 2.12. The van der Waals surface area contributed by atoms with Crippen molar-refractivity contribution in [2.24, 2.45) is 0 Å². The van der Waals surface area contributed by atoms with E-state index in [-0.39, 0.29) is 0 Å². The average Bonchev–Trinajstić information content (AvgIpc) is 2.42. The fraction of sp³-hybridized carbons (Fsp3) is 0.250. The van der Waals surface area contributed by atoms with Gasteiger partial charge >= 0.3 is 0 Å². The number of aliphatic hydroxyl groups excluding tert-OH is 1. The molecule has 3 heteroatoms. The molecule has 1 atom stereocenters. The summed E-state index contributed by atoms with van der Waals surface area (Å²) in [6.45, 7) is 2.15. The second-order valence-electron chi connectivity index (χ2n) is 4.57. The number of rotatable bonds is 4. The first-order chi connectivity index (χ1) is 9.11. The molecule has 0 saturated carbocycles. The smallest absolute Gasteiger partial charge is 0.104 e. The van der Waals surface area contributed by atoms with E-state index < -0.39 is 6.10 Å². The fourth-order valence-electron chi connectivity index (χ4n) is 2.08. The third-order valence-electron chi connectivity index (χ3n) is 3.06. The first-order valence-electron chi connectivity index (χ1n) is 6.33. The molecule has 0 fully saturated rings. The van der Waals surface area contributed by atoms with E-state index in [2.05, 4.69) is 35.0 Å². The molecule has 0 radical (unpaired) electrons. The van der Waals surface area contributed by atoms with Gasteiger partial charge in [-0.1, -0.05) is 55.3 Å². The molecular formula is C16H16BrClO. The Hall–Kier alpha value is -0.830. The number of halogens is 2. The molecule has 0 heterocycles. The zero-order valence-electron chi connectivity index (χ0n) is 10.7. The van der Waals surface area contributed by atoms with Crippen LogP contribution in [0.5, 0.6) is 0 Å². The maximum atomic E-state index is 10.4. The molecule has 0 aliphatic carbocycles. The summed E-state index contributed by atoms with van der Waals surface area (Å²) in [4.78, 5) is 0. The van der Waals surface area contributed by atoms with Crippen LogP contribution in [0.15, 0.2) is 46.9 Å². The first-order valence-corrected chi connectivity index (χ1v) is 7.50. The minimum absolute atomic E-state index is 0.620. The Labute approximate surface area is 127 Å². The standard InChI is InChI=1S/C16H16BrClO/c1-2-4-11-5-3-6-12(9-11)16(19)13-7-8-15(18)14(17)10-13/h3,5-10,16,19H,2,4H2,1H3. The Morgan fingerprint density at radius 2 is 1.89 bits per heavy atom. The van der Waals surface area contributed by atoms with Gasteiger partial charge in [-0.2, -0.15) is 0 Å². The Balaban J connectivity index is 2.29. The van der Waals surface area contributed by atoms with Gasteiger partial charge in [0.2, 0.25) is 0 Å². The van der Waals surface area contributed by atoms with Crippen LogP contribution in [0.2, 0.25) is 5.02 Å². The second-order valence-corrected chi connectivity index (χ2v) is 5.83. The summed E-state index contributed by atoms with van der Waals surface area (Å²) in [6.07, 6.45) is 1.52. The van der Waals surface area contributed by atoms with Gasteiger partial charge in [0.05, 0.1) is 5.02 Å². The summed E-state index contributed by atoms with van der Waals surface area (Å²) < 4.78 is 0.801. The molecule has 1 unspecified atom stereocenters. The molecule has 0 aromatic heterocycles. The van der Waals surface area contributed by atoms with Crippen LogP contribution in [0.3, 0.4) is 0 Å². The van der Waals surface area contributed by atoms with E-state index in [9.17, 15) is 5.11 Å². The molecule has 0 aliphatic heterocycles.